The Morgan fingerprint density at radius 2 is 1.46 bits per heavy atom. The van der Waals surface area contributed by atoms with Gasteiger partial charge in [-0.15, -0.1) is 0 Å². The summed E-state index contributed by atoms with van der Waals surface area (Å²) in [6.45, 7) is 5.52. The Morgan fingerprint density at radius 3 is 2.07 bits per heavy atom. The molecule has 0 atom stereocenters. The molecule has 0 radical (unpaired) electrons. The number of ether oxygens (including phenoxy) is 1. The van der Waals surface area contributed by atoms with Crippen molar-refractivity contribution in [2.45, 2.75) is 30.6 Å². The van der Waals surface area contributed by atoms with Gasteiger partial charge in [-0.2, -0.15) is 0 Å². The first-order valence-corrected chi connectivity index (χ1v) is 15.7. The number of carbonyl (C=O) groups excluding carboxylic acids is 1. The first kappa shape index (κ1) is 29.6. The molecule has 0 aromatic heterocycles. The van der Waals surface area contributed by atoms with Gasteiger partial charge in [-0.1, -0.05) is 35.9 Å². The monoisotopic (exact) mass is 593 g/mol. The molecule has 0 heterocycles. The molecule has 1 amide bonds. The van der Waals surface area contributed by atoms with Crippen LogP contribution in [0.5, 0.6) is 5.75 Å². The lowest BCUT2D eigenvalue weighted by Crippen LogP contribution is -2.38. The van der Waals surface area contributed by atoms with Crippen molar-refractivity contribution in [2.75, 3.05) is 27.5 Å². The maximum atomic E-state index is 13.5. The predicted molar refractivity (Wildman–Crippen MR) is 160 cm³/mol. The lowest BCUT2D eigenvalue weighted by molar-refractivity contribution is -0.114. The number of benzene rings is 4. The second-order valence-corrected chi connectivity index (χ2v) is 12.8. The van der Waals surface area contributed by atoms with Gasteiger partial charge in [-0.3, -0.25) is 13.8 Å². The molecule has 0 aliphatic heterocycles. The first-order chi connectivity index (χ1) is 19.5. The zero-order valence-corrected chi connectivity index (χ0v) is 24.5. The number of carbonyl (C=O) groups is 1. The molecule has 4 aromatic carbocycles. The molecule has 0 aliphatic rings. The van der Waals surface area contributed by atoms with Crippen LogP contribution in [0.15, 0.2) is 107 Å². The molecule has 0 saturated carbocycles. The van der Waals surface area contributed by atoms with Crippen LogP contribution >= 0.6 is 0 Å². The second-order valence-electron chi connectivity index (χ2n) is 9.25. The number of rotatable bonds is 11. The van der Waals surface area contributed by atoms with Crippen LogP contribution in [0.4, 0.5) is 17.1 Å². The van der Waals surface area contributed by atoms with E-state index in [0.717, 1.165) is 15.4 Å². The van der Waals surface area contributed by atoms with Crippen molar-refractivity contribution in [3.8, 4) is 5.75 Å². The molecule has 41 heavy (non-hydrogen) atoms. The Kier molecular flexibility index (Phi) is 8.99. The average molecular weight is 594 g/mol. The SMILES string of the molecule is CCOc1ccc(N(CC(=O)Nc2ccc(S(=O)(=O)Nc3ccc(C)cc3C)cc2)S(=O)(=O)c2ccccc2)cc1. The van der Waals surface area contributed by atoms with E-state index in [-0.39, 0.29) is 15.5 Å². The summed E-state index contributed by atoms with van der Waals surface area (Å²) in [5, 5.41) is 2.66. The molecule has 214 valence electrons. The number of nitrogens with zero attached hydrogens (tertiary/aromatic N) is 1. The van der Waals surface area contributed by atoms with Crippen LogP contribution in [0, 0.1) is 13.8 Å². The molecular weight excluding hydrogens is 562 g/mol. The molecule has 0 spiro atoms. The van der Waals surface area contributed by atoms with Crippen molar-refractivity contribution >= 4 is 43.0 Å². The summed E-state index contributed by atoms with van der Waals surface area (Å²) in [6, 6.07) is 25.3. The topological polar surface area (TPSA) is 122 Å². The number of hydrogen-bond donors (Lipinski definition) is 2. The summed E-state index contributed by atoms with van der Waals surface area (Å²) in [7, 11) is -7.95. The average Bonchev–Trinajstić information content (AvgIpc) is 2.95. The molecular formula is C30H31N3O6S2. The highest BCUT2D eigenvalue weighted by molar-refractivity contribution is 7.93. The molecule has 4 aromatic rings. The lowest BCUT2D eigenvalue weighted by Gasteiger charge is -2.24. The van der Waals surface area contributed by atoms with Crippen molar-refractivity contribution in [3.63, 3.8) is 0 Å². The highest BCUT2D eigenvalue weighted by atomic mass is 32.2. The highest BCUT2D eigenvalue weighted by Gasteiger charge is 2.27. The van der Waals surface area contributed by atoms with E-state index < -0.39 is 32.5 Å². The zero-order chi connectivity index (χ0) is 29.6. The van der Waals surface area contributed by atoms with Crippen molar-refractivity contribution in [1.82, 2.24) is 0 Å². The number of anilines is 3. The minimum Gasteiger partial charge on any atom is -0.494 e. The molecule has 0 unspecified atom stereocenters. The number of amides is 1. The van der Waals surface area contributed by atoms with E-state index in [1.165, 1.54) is 36.4 Å². The van der Waals surface area contributed by atoms with Gasteiger partial charge < -0.3 is 10.1 Å². The number of aryl methyl sites for hydroxylation is 2. The van der Waals surface area contributed by atoms with E-state index in [2.05, 4.69) is 10.0 Å². The third kappa shape index (κ3) is 7.24. The fourth-order valence-electron chi connectivity index (χ4n) is 4.09. The quantitative estimate of drug-likeness (QED) is 0.242. The van der Waals surface area contributed by atoms with Crippen LogP contribution in [0.2, 0.25) is 0 Å². The zero-order valence-electron chi connectivity index (χ0n) is 22.9. The van der Waals surface area contributed by atoms with Gasteiger partial charge in [0, 0.05) is 5.69 Å². The first-order valence-electron chi connectivity index (χ1n) is 12.8. The Hall–Kier alpha value is -4.35. The summed E-state index contributed by atoms with van der Waals surface area (Å²) < 4.78 is 61.9. The van der Waals surface area contributed by atoms with Gasteiger partial charge in [-0.05, 0) is 93.1 Å². The molecule has 0 bridgehead atoms. The fourth-order valence-corrected chi connectivity index (χ4v) is 6.66. The maximum Gasteiger partial charge on any atom is 0.264 e. The Balaban J connectivity index is 1.52. The Morgan fingerprint density at radius 1 is 0.805 bits per heavy atom. The third-order valence-electron chi connectivity index (χ3n) is 6.13. The minimum atomic E-state index is -4.08. The van der Waals surface area contributed by atoms with Crippen LogP contribution in [0.1, 0.15) is 18.1 Å². The predicted octanol–water partition coefficient (Wildman–Crippen LogP) is 5.34. The largest absolute Gasteiger partial charge is 0.494 e. The summed E-state index contributed by atoms with van der Waals surface area (Å²) >= 11 is 0. The van der Waals surface area contributed by atoms with Gasteiger partial charge in [0.2, 0.25) is 5.91 Å². The van der Waals surface area contributed by atoms with Crippen molar-refractivity contribution in [3.05, 3.63) is 108 Å². The number of sulfonamides is 2. The summed E-state index contributed by atoms with van der Waals surface area (Å²) in [6.07, 6.45) is 0. The van der Waals surface area contributed by atoms with Gasteiger partial charge in [-0.25, -0.2) is 16.8 Å². The molecule has 0 aliphatic carbocycles. The molecule has 4 rings (SSSR count). The van der Waals surface area contributed by atoms with Crippen molar-refractivity contribution in [2.24, 2.45) is 0 Å². The van der Waals surface area contributed by atoms with Crippen LogP contribution in [0.3, 0.4) is 0 Å². The van der Waals surface area contributed by atoms with E-state index in [9.17, 15) is 21.6 Å². The summed E-state index contributed by atoms with van der Waals surface area (Å²) in [5.74, 6) is -0.0396. The summed E-state index contributed by atoms with van der Waals surface area (Å²) in [5.41, 5.74) is 2.88. The van der Waals surface area contributed by atoms with Crippen LogP contribution in [0.25, 0.3) is 0 Å². The standard InChI is InChI=1S/C30H31N3O6S2/c1-4-39-26-15-13-25(14-16-26)33(41(37,38)28-8-6-5-7-9-28)21-30(34)31-24-11-17-27(18-12-24)40(35,36)32-29-19-10-22(2)20-23(29)3/h5-20,32H,4,21H2,1-3H3,(H,31,34). The van der Waals surface area contributed by atoms with E-state index in [1.807, 2.05) is 32.9 Å². The van der Waals surface area contributed by atoms with E-state index in [0.29, 0.717) is 23.7 Å². The lowest BCUT2D eigenvalue weighted by atomic mass is 10.1. The molecule has 9 nitrogen and oxygen atoms in total. The van der Waals surface area contributed by atoms with Gasteiger partial charge in [0.05, 0.1) is 27.8 Å². The number of hydrogen-bond acceptors (Lipinski definition) is 6. The van der Waals surface area contributed by atoms with Crippen LogP contribution in [-0.2, 0) is 24.8 Å². The smallest absolute Gasteiger partial charge is 0.264 e. The maximum absolute atomic E-state index is 13.5. The van der Waals surface area contributed by atoms with E-state index >= 15 is 0 Å². The van der Waals surface area contributed by atoms with Crippen LogP contribution in [-0.4, -0.2) is 35.9 Å². The summed E-state index contributed by atoms with van der Waals surface area (Å²) in [4.78, 5) is 13.1. The van der Waals surface area contributed by atoms with E-state index in [1.54, 1.807) is 48.5 Å². The Bertz CT molecular complexity index is 1720. The highest BCUT2D eigenvalue weighted by Crippen LogP contribution is 2.26. The van der Waals surface area contributed by atoms with Crippen molar-refractivity contribution in [1.29, 1.82) is 0 Å². The van der Waals surface area contributed by atoms with Gasteiger partial charge in [0.1, 0.15) is 12.3 Å². The molecule has 0 saturated heterocycles. The van der Waals surface area contributed by atoms with E-state index in [4.69, 9.17) is 4.74 Å². The molecule has 11 heteroatoms. The Labute approximate surface area is 240 Å². The normalized spacial score (nSPS) is 11.5. The third-order valence-corrected chi connectivity index (χ3v) is 9.30. The second kappa shape index (κ2) is 12.4. The van der Waals surface area contributed by atoms with Crippen molar-refractivity contribution < 1.29 is 26.4 Å². The molecule has 2 N–H and O–H groups in total. The number of nitrogens with one attached hydrogen (secondary N) is 2. The van der Waals surface area contributed by atoms with Gasteiger partial charge in [0.25, 0.3) is 20.0 Å². The van der Waals surface area contributed by atoms with Gasteiger partial charge in [0.15, 0.2) is 0 Å². The fraction of sp³-hybridized carbons (Fsp3) is 0.167. The molecule has 0 fully saturated rings. The van der Waals surface area contributed by atoms with Gasteiger partial charge >= 0.3 is 0 Å². The minimum absolute atomic E-state index is 0.0122. The van der Waals surface area contributed by atoms with Crippen LogP contribution < -0.4 is 19.1 Å².